The summed E-state index contributed by atoms with van der Waals surface area (Å²) in [5.41, 5.74) is 3.22. The molecule has 0 amide bonds. The van der Waals surface area contributed by atoms with Crippen molar-refractivity contribution in [1.29, 1.82) is 0 Å². The van der Waals surface area contributed by atoms with Crippen molar-refractivity contribution in [2.24, 2.45) is 0 Å². The van der Waals surface area contributed by atoms with Gasteiger partial charge in [-0.15, -0.1) is 0 Å². The number of benzene rings is 1. The maximum absolute atomic E-state index is 12.6. The van der Waals surface area contributed by atoms with Crippen molar-refractivity contribution in [1.82, 2.24) is 10.2 Å². The lowest BCUT2D eigenvalue weighted by atomic mass is 9.94. The van der Waals surface area contributed by atoms with Crippen molar-refractivity contribution in [2.75, 3.05) is 26.2 Å². The lowest BCUT2D eigenvalue weighted by Crippen LogP contribution is -2.45. The summed E-state index contributed by atoms with van der Waals surface area (Å²) in [6.07, 6.45) is -4.69. The van der Waals surface area contributed by atoms with Gasteiger partial charge in [0.15, 0.2) is 0 Å². The van der Waals surface area contributed by atoms with Gasteiger partial charge in [-0.2, -0.15) is 13.2 Å². The van der Waals surface area contributed by atoms with Crippen LogP contribution in [-0.4, -0.2) is 37.3 Å². The summed E-state index contributed by atoms with van der Waals surface area (Å²) in [5, 5.41) is 3.26. The SMILES string of the molecule is Cc1ccc(C)c([C@@H](CCC(F)(F)F)N2CCNCC2)c1. The molecule has 0 saturated carbocycles. The Balaban J connectivity index is 2.23. The molecule has 1 saturated heterocycles. The maximum Gasteiger partial charge on any atom is 0.389 e. The normalized spacial score (nSPS) is 18.7. The van der Waals surface area contributed by atoms with Gasteiger partial charge < -0.3 is 5.32 Å². The zero-order chi connectivity index (χ0) is 15.5. The van der Waals surface area contributed by atoms with Crippen LogP contribution in [0.25, 0.3) is 0 Å². The van der Waals surface area contributed by atoms with Gasteiger partial charge in [-0.25, -0.2) is 0 Å². The Morgan fingerprint density at radius 3 is 2.48 bits per heavy atom. The molecule has 0 radical (unpaired) electrons. The van der Waals surface area contributed by atoms with E-state index in [-0.39, 0.29) is 12.5 Å². The first kappa shape index (κ1) is 16.3. The fourth-order valence-corrected chi connectivity index (χ4v) is 2.95. The van der Waals surface area contributed by atoms with Gasteiger partial charge in [0, 0.05) is 38.6 Å². The molecule has 21 heavy (non-hydrogen) atoms. The number of halogens is 3. The van der Waals surface area contributed by atoms with Crippen LogP contribution in [0.4, 0.5) is 13.2 Å². The first-order valence-corrected chi connectivity index (χ1v) is 7.45. The molecule has 1 fully saturated rings. The summed E-state index contributed by atoms with van der Waals surface area (Å²) in [7, 11) is 0. The van der Waals surface area contributed by atoms with E-state index in [9.17, 15) is 13.2 Å². The Hall–Kier alpha value is -1.07. The zero-order valence-electron chi connectivity index (χ0n) is 12.6. The van der Waals surface area contributed by atoms with Crippen LogP contribution in [0, 0.1) is 13.8 Å². The Morgan fingerprint density at radius 1 is 1.19 bits per heavy atom. The zero-order valence-corrected chi connectivity index (χ0v) is 12.6. The van der Waals surface area contributed by atoms with Crippen LogP contribution >= 0.6 is 0 Å². The molecule has 0 aromatic heterocycles. The minimum Gasteiger partial charge on any atom is -0.314 e. The van der Waals surface area contributed by atoms with E-state index in [2.05, 4.69) is 10.2 Å². The van der Waals surface area contributed by atoms with Gasteiger partial charge in [0.1, 0.15) is 0 Å². The van der Waals surface area contributed by atoms with Crippen molar-refractivity contribution >= 4 is 0 Å². The van der Waals surface area contributed by atoms with Gasteiger partial charge >= 0.3 is 6.18 Å². The molecule has 1 N–H and O–H groups in total. The second-order valence-electron chi connectivity index (χ2n) is 5.82. The van der Waals surface area contributed by atoms with Crippen LogP contribution in [0.2, 0.25) is 0 Å². The standard InChI is InChI=1S/C16H23F3N2/c1-12-3-4-13(2)14(11-12)15(5-6-16(17,18)19)21-9-7-20-8-10-21/h3-4,11,15,20H,5-10H2,1-2H3/t15-/m1/s1. The summed E-state index contributed by atoms with van der Waals surface area (Å²) in [6, 6.07) is 5.91. The van der Waals surface area contributed by atoms with Crippen LogP contribution < -0.4 is 5.32 Å². The van der Waals surface area contributed by atoms with Crippen LogP contribution in [0.3, 0.4) is 0 Å². The van der Waals surface area contributed by atoms with Crippen LogP contribution in [0.5, 0.6) is 0 Å². The molecule has 0 unspecified atom stereocenters. The van der Waals surface area contributed by atoms with E-state index in [1.807, 2.05) is 32.0 Å². The average molecular weight is 300 g/mol. The third kappa shape index (κ3) is 4.71. The Kier molecular flexibility index (Phi) is 5.27. The molecule has 0 spiro atoms. The summed E-state index contributed by atoms with van der Waals surface area (Å²) in [5.74, 6) is 0. The summed E-state index contributed by atoms with van der Waals surface area (Å²) >= 11 is 0. The smallest absolute Gasteiger partial charge is 0.314 e. The molecule has 118 valence electrons. The van der Waals surface area contributed by atoms with Crippen molar-refractivity contribution < 1.29 is 13.2 Å². The van der Waals surface area contributed by atoms with E-state index in [1.54, 1.807) is 0 Å². The Morgan fingerprint density at radius 2 is 1.86 bits per heavy atom. The van der Waals surface area contributed by atoms with Gasteiger partial charge in [0.2, 0.25) is 0 Å². The second-order valence-corrected chi connectivity index (χ2v) is 5.82. The van der Waals surface area contributed by atoms with E-state index in [4.69, 9.17) is 0 Å². The molecular weight excluding hydrogens is 277 g/mol. The highest BCUT2D eigenvalue weighted by molar-refractivity contribution is 5.33. The number of hydrogen-bond donors (Lipinski definition) is 1. The van der Waals surface area contributed by atoms with E-state index in [0.717, 1.165) is 42.9 Å². The first-order chi connectivity index (χ1) is 9.87. The van der Waals surface area contributed by atoms with E-state index < -0.39 is 12.6 Å². The van der Waals surface area contributed by atoms with Crippen LogP contribution in [0.1, 0.15) is 35.6 Å². The quantitative estimate of drug-likeness (QED) is 0.914. The topological polar surface area (TPSA) is 15.3 Å². The van der Waals surface area contributed by atoms with Crippen molar-refractivity contribution in [3.63, 3.8) is 0 Å². The van der Waals surface area contributed by atoms with Crippen molar-refractivity contribution in [3.05, 3.63) is 34.9 Å². The number of hydrogen-bond acceptors (Lipinski definition) is 2. The lowest BCUT2D eigenvalue weighted by Gasteiger charge is -2.36. The lowest BCUT2D eigenvalue weighted by molar-refractivity contribution is -0.138. The molecule has 2 rings (SSSR count). The summed E-state index contributed by atoms with van der Waals surface area (Å²) in [4.78, 5) is 2.18. The summed E-state index contributed by atoms with van der Waals surface area (Å²) < 4.78 is 37.9. The van der Waals surface area contributed by atoms with Gasteiger partial charge in [0.25, 0.3) is 0 Å². The average Bonchev–Trinajstić information content (AvgIpc) is 2.43. The highest BCUT2D eigenvalue weighted by atomic mass is 19.4. The summed E-state index contributed by atoms with van der Waals surface area (Å²) in [6.45, 7) is 7.26. The van der Waals surface area contributed by atoms with Crippen molar-refractivity contribution in [3.8, 4) is 0 Å². The highest BCUT2D eigenvalue weighted by Crippen LogP contribution is 2.33. The molecule has 2 nitrogen and oxygen atoms in total. The number of piperazine rings is 1. The number of nitrogens with one attached hydrogen (secondary N) is 1. The van der Waals surface area contributed by atoms with Gasteiger partial charge in [-0.3, -0.25) is 4.90 Å². The Bertz CT molecular complexity index is 465. The largest absolute Gasteiger partial charge is 0.389 e. The maximum atomic E-state index is 12.6. The minimum absolute atomic E-state index is 0.133. The molecule has 1 aromatic rings. The molecule has 1 atom stereocenters. The number of rotatable bonds is 4. The predicted molar refractivity (Wildman–Crippen MR) is 78.4 cm³/mol. The van der Waals surface area contributed by atoms with E-state index in [1.165, 1.54) is 0 Å². The molecule has 1 heterocycles. The van der Waals surface area contributed by atoms with Gasteiger partial charge in [0.05, 0.1) is 0 Å². The number of nitrogens with zero attached hydrogens (tertiary/aromatic N) is 1. The molecule has 5 heteroatoms. The predicted octanol–water partition coefficient (Wildman–Crippen LogP) is 3.59. The van der Waals surface area contributed by atoms with Crippen LogP contribution in [0.15, 0.2) is 18.2 Å². The first-order valence-electron chi connectivity index (χ1n) is 7.45. The van der Waals surface area contributed by atoms with Crippen LogP contribution in [-0.2, 0) is 0 Å². The fourth-order valence-electron chi connectivity index (χ4n) is 2.95. The monoisotopic (exact) mass is 300 g/mol. The molecule has 1 aliphatic rings. The molecule has 1 aliphatic heterocycles. The molecule has 0 bridgehead atoms. The molecular formula is C16H23F3N2. The van der Waals surface area contributed by atoms with Gasteiger partial charge in [-0.05, 0) is 31.4 Å². The Labute approximate surface area is 124 Å². The second kappa shape index (κ2) is 6.79. The van der Waals surface area contributed by atoms with E-state index >= 15 is 0 Å². The number of alkyl halides is 3. The molecule has 1 aromatic carbocycles. The van der Waals surface area contributed by atoms with E-state index in [0.29, 0.717) is 0 Å². The third-order valence-electron chi connectivity index (χ3n) is 4.09. The minimum atomic E-state index is -4.09. The molecule has 0 aliphatic carbocycles. The van der Waals surface area contributed by atoms with Gasteiger partial charge in [-0.1, -0.05) is 23.8 Å². The highest BCUT2D eigenvalue weighted by Gasteiger charge is 2.31. The fraction of sp³-hybridized carbons (Fsp3) is 0.625. The van der Waals surface area contributed by atoms with Crippen molar-refractivity contribution in [2.45, 2.75) is 38.9 Å². The number of aryl methyl sites for hydroxylation is 2. The third-order valence-corrected chi connectivity index (χ3v) is 4.09.